The summed E-state index contributed by atoms with van der Waals surface area (Å²) in [7, 11) is 0. The Morgan fingerprint density at radius 3 is 2.52 bits per heavy atom. The summed E-state index contributed by atoms with van der Waals surface area (Å²) in [6.07, 6.45) is 3.03. The van der Waals surface area contributed by atoms with Gasteiger partial charge in [-0.1, -0.05) is 42.8 Å². The average Bonchev–Trinajstić information content (AvgIpc) is 2.55. The molecule has 0 amide bonds. The third-order valence-electron chi connectivity index (χ3n) is 3.65. The normalized spacial score (nSPS) is 12.6. The van der Waals surface area contributed by atoms with E-state index in [0.29, 0.717) is 5.57 Å². The Balaban J connectivity index is 2.29. The van der Waals surface area contributed by atoms with Crippen LogP contribution in [0.25, 0.3) is 11.6 Å². The van der Waals surface area contributed by atoms with Crippen LogP contribution in [-0.2, 0) is 0 Å². The Bertz CT molecular complexity index is 741. The largest absolute Gasteiger partial charge is 0.490 e. The number of nitriles is 1. The lowest BCUT2D eigenvalue weighted by molar-refractivity contribution is 0.216. The standard InChI is InChI=1S/C20H20BrNO/c1-4-15(3)23-20-10-7-16(12-19(20)21)11-18(13-22)17-8-5-14(2)6-9-17/h5-12,15H,4H2,1-3H3/b18-11-. The molecular weight excluding hydrogens is 350 g/mol. The number of benzene rings is 2. The third kappa shape index (κ3) is 4.71. The molecule has 0 bridgehead atoms. The Labute approximate surface area is 146 Å². The fraction of sp³-hybridized carbons (Fsp3) is 0.250. The van der Waals surface area contributed by atoms with Gasteiger partial charge in [0.2, 0.25) is 0 Å². The molecule has 23 heavy (non-hydrogen) atoms. The second-order valence-corrected chi connectivity index (χ2v) is 6.42. The van der Waals surface area contributed by atoms with Crippen molar-refractivity contribution >= 4 is 27.6 Å². The number of nitrogens with zero attached hydrogens (tertiary/aromatic N) is 1. The van der Waals surface area contributed by atoms with E-state index in [4.69, 9.17) is 4.74 Å². The number of rotatable bonds is 5. The van der Waals surface area contributed by atoms with Crippen LogP contribution in [-0.4, -0.2) is 6.10 Å². The van der Waals surface area contributed by atoms with E-state index in [1.165, 1.54) is 5.56 Å². The van der Waals surface area contributed by atoms with Gasteiger partial charge in [0, 0.05) is 0 Å². The van der Waals surface area contributed by atoms with Gasteiger partial charge in [0.05, 0.1) is 22.2 Å². The second kappa shape index (κ2) is 7.99. The molecule has 0 radical (unpaired) electrons. The van der Waals surface area contributed by atoms with Crippen molar-refractivity contribution in [2.75, 3.05) is 0 Å². The molecule has 1 unspecified atom stereocenters. The molecule has 0 aliphatic heterocycles. The van der Waals surface area contributed by atoms with Gasteiger partial charge in [-0.2, -0.15) is 5.26 Å². The minimum Gasteiger partial charge on any atom is -0.490 e. The predicted octanol–water partition coefficient (Wildman–Crippen LogP) is 6.00. The van der Waals surface area contributed by atoms with Crippen LogP contribution >= 0.6 is 15.9 Å². The van der Waals surface area contributed by atoms with Crippen LogP contribution in [0.3, 0.4) is 0 Å². The molecule has 2 aromatic carbocycles. The van der Waals surface area contributed by atoms with Crippen LogP contribution in [0.4, 0.5) is 0 Å². The number of hydrogen-bond acceptors (Lipinski definition) is 2. The Morgan fingerprint density at radius 2 is 1.96 bits per heavy atom. The molecule has 3 heteroatoms. The highest BCUT2D eigenvalue weighted by atomic mass is 79.9. The average molecular weight is 370 g/mol. The van der Waals surface area contributed by atoms with Crippen molar-refractivity contribution in [2.45, 2.75) is 33.3 Å². The highest BCUT2D eigenvalue weighted by Crippen LogP contribution is 2.29. The number of ether oxygens (including phenoxy) is 1. The summed E-state index contributed by atoms with van der Waals surface area (Å²) < 4.78 is 6.74. The van der Waals surface area contributed by atoms with Crippen LogP contribution in [0.1, 0.15) is 37.0 Å². The highest BCUT2D eigenvalue weighted by Gasteiger charge is 2.07. The second-order valence-electron chi connectivity index (χ2n) is 5.56. The zero-order valence-corrected chi connectivity index (χ0v) is 15.2. The summed E-state index contributed by atoms with van der Waals surface area (Å²) in [6.45, 7) is 6.18. The van der Waals surface area contributed by atoms with Gasteiger partial charge in [0.15, 0.2) is 0 Å². The first-order valence-corrected chi connectivity index (χ1v) is 8.47. The third-order valence-corrected chi connectivity index (χ3v) is 4.27. The lowest BCUT2D eigenvalue weighted by Crippen LogP contribution is -2.09. The molecule has 0 saturated heterocycles. The molecule has 118 valence electrons. The van der Waals surface area contributed by atoms with Crippen molar-refractivity contribution in [2.24, 2.45) is 0 Å². The topological polar surface area (TPSA) is 33.0 Å². The summed E-state index contributed by atoms with van der Waals surface area (Å²) in [4.78, 5) is 0. The van der Waals surface area contributed by atoms with Crippen molar-refractivity contribution in [1.29, 1.82) is 5.26 Å². The highest BCUT2D eigenvalue weighted by molar-refractivity contribution is 9.10. The molecule has 2 nitrogen and oxygen atoms in total. The summed E-state index contributed by atoms with van der Waals surface area (Å²) in [5.74, 6) is 0.824. The summed E-state index contributed by atoms with van der Waals surface area (Å²) in [5.41, 5.74) is 3.72. The summed E-state index contributed by atoms with van der Waals surface area (Å²) >= 11 is 3.55. The molecule has 0 heterocycles. The minimum atomic E-state index is 0.176. The number of allylic oxidation sites excluding steroid dienone is 1. The smallest absolute Gasteiger partial charge is 0.133 e. The molecule has 0 aromatic heterocycles. The van der Waals surface area contributed by atoms with Crippen LogP contribution in [0.5, 0.6) is 5.75 Å². The van der Waals surface area contributed by atoms with Gasteiger partial charge < -0.3 is 4.74 Å². The van der Waals surface area contributed by atoms with E-state index in [1.807, 2.05) is 62.4 Å². The van der Waals surface area contributed by atoms with Gasteiger partial charge in [-0.05, 0) is 65.5 Å². The van der Waals surface area contributed by atoms with E-state index < -0.39 is 0 Å². The molecule has 1 atom stereocenters. The van der Waals surface area contributed by atoms with Crippen molar-refractivity contribution in [3.05, 3.63) is 63.6 Å². The number of halogens is 1. The first-order chi connectivity index (χ1) is 11.0. The Kier molecular flexibility index (Phi) is 6.01. The lowest BCUT2D eigenvalue weighted by atomic mass is 10.0. The van der Waals surface area contributed by atoms with Gasteiger partial charge >= 0.3 is 0 Å². The predicted molar refractivity (Wildman–Crippen MR) is 99.2 cm³/mol. The van der Waals surface area contributed by atoms with Gasteiger partial charge in [0.1, 0.15) is 5.75 Å². The summed E-state index contributed by atoms with van der Waals surface area (Å²) in [5, 5.41) is 9.43. The maximum Gasteiger partial charge on any atom is 0.133 e. The van der Waals surface area contributed by atoms with E-state index in [0.717, 1.165) is 27.8 Å². The van der Waals surface area contributed by atoms with Crippen molar-refractivity contribution in [1.82, 2.24) is 0 Å². The molecule has 0 spiro atoms. The molecule has 0 aliphatic carbocycles. The van der Waals surface area contributed by atoms with Crippen LogP contribution in [0, 0.1) is 18.3 Å². The quantitative estimate of drug-likeness (QED) is 0.478. The van der Waals surface area contributed by atoms with Gasteiger partial charge in [-0.15, -0.1) is 0 Å². The van der Waals surface area contributed by atoms with Crippen molar-refractivity contribution < 1.29 is 4.74 Å². The van der Waals surface area contributed by atoms with Crippen LogP contribution in [0.2, 0.25) is 0 Å². The monoisotopic (exact) mass is 369 g/mol. The zero-order valence-electron chi connectivity index (χ0n) is 13.6. The Morgan fingerprint density at radius 1 is 1.26 bits per heavy atom. The lowest BCUT2D eigenvalue weighted by Gasteiger charge is -2.14. The van der Waals surface area contributed by atoms with Crippen LogP contribution < -0.4 is 4.74 Å². The molecular formula is C20H20BrNO. The fourth-order valence-electron chi connectivity index (χ4n) is 2.08. The first-order valence-electron chi connectivity index (χ1n) is 7.68. The van der Waals surface area contributed by atoms with E-state index in [2.05, 4.69) is 28.9 Å². The number of aryl methyl sites for hydroxylation is 1. The molecule has 2 aromatic rings. The van der Waals surface area contributed by atoms with Crippen LogP contribution in [0.15, 0.2) is 46.9 Å². The van der Waals surface area contributed by atoms with E-state index in [1.54, 1.807) is 0 Å². The van der Waals surface area contributed by atoms with Gasteiger partial charge in [0.25, 0.3) is 0 Å². The molecule has 0 saturated carbocycles. The van der Waals surface area contributed by atoms with Crippen molar-refractivity contribution in [3.8, 4) is 11.8 Å². The van der Waals surface area contributed by atoms with Gasteiger partial charge in [-0.3, -0.25) is 0 Å². The molecule has 0 fully saturated rings. The minimum absolute atomic E-state index is 0.176. The number of hydrogen-bond donors (Lipinski definition) is 0. The zero-order chi connectivity index (χ0) is 16.8. The maximum absolute atomic E-state index is 9.43. The molecule has 0 N–H and O–H groups in total. The van der Waals surface area contributed by atoms with E-state index >= 15 is 0 Å². The van der Waals surface area contributed by atoms with E-state index in [9.17, 15) is 5.26 Å². The first kappa shape index (κ1) is 17.3. The molecule has 2 rings (SSSR count). The van der Waals surface area contributed by atoms with Crippen molar-refractivity contribution in [3.63, 3.8) is 0 Å². The molecule has 0 aliphatic rings. The van der Waals surface area contributed by atoms with Gasteiger partial charge in [-0.25, -0.2) is 0 Å². The Hall–Kier alpha value is -2.05. The maximum atomic E-state index is 9.43. The van der Waals surface area contributed by atoms with E-state index in [-0.39, 0.29) is 6.10 Å². The summed E-state index contributed by atoms with van der Waals surface area (Å²) in [6, 6.07) is 16.1. The SMILES string of the molecule is CCC(C)Oc1ccc(/C=C(/C#N)c2ccc(C)cc2)cc1Br. The fourth-order valence-corrected chi connectivity index (χ4v) is 2.57.